The average Bonchev–Trinajstić information content (AvgIpc) is 2.75. The summed E-state index contributed by atoms with van der Waals surface area (Å²) in [5, 5.41) is 14.2. The Balaban J connectivity index is 1.72. The number of carbonyl (C=O) groups excluding carboxylic acids is 2. The number of nitrogens with two attached hydrogens (primary N) is 1. The van der Waals surface area contributed by atoms with Crippen molar-refractivity contribution in [1.29, 1.82) is 0 Å². The minimum atomic E-state index is -2.01. The summed E-state index contributed by atoms with van der Waals surface area (Å²) in [6, 6.07) is 15.4. The molecule has 1 atom stereocenters. The highest BCUT2D eigenvalue weighted by Gasteiger charge is 2.39. The van der Waals surface area contributed by atoms with Crippen LogP contribution in [0, 0.1) is 0 Å². The van der Waals surface area contributed by atoms with Crippen LogP contribution in [0.15, 0.2) is 54.6 Å². The number of rotatable bonds is 8. The minimum absolute atomic E-state index is 0.0434. The van der Waals surface area contributed by atoms with Crippen LogP contribution in [-0.2, 0) is 26.3 Å². The Hall–Kier alpha value is -2.74. The van der Waals surface area contributed by atoms with Crippen LogP contribution in [0.1, 0.15) is 16.7 Å². The number of hydrogen-bond donors (Lipinski definition) is 3. The topological polar surface area (TPSA) is 105 Å². The first-order chi connectivity index (χ1) is 14.0. The van der Waals surface area contributed by atoms with Crippen LogP contribution in [-0.4, -0.2) is 61.2 Å². The second-order valence-electron chi connectivity index (χ2n) is 7.08. The number of benzene rings is 2. The van der Waals surface area contributed by atoms with Crippen molar-refractivity contribution in [3.8, 4) is 0 Å². The zero-order valence-electron chi connectivity index (χ0n) is 16.3. The number of carbonyl (C=O) groups is 2. The smallest absolute Gasteiger partial charge is 0.258 e. The Kier molecular flexibility index (Phi) is 6.98. The first-order valence-corrected chi connectivity index (χ1v) is 9.75. The first kappa shape index (κ1) is 21.0. The van der Waals surface area contributed by atoms with Gasteiger partial charge in [0.05, 0.1) is 19.6 Å². The van der Waals surface area contributed by atoms with Crippen molar-refractivity contribution >= 4 is 11.8 Å². The van der Waals surface area contributed by atoms with E-state index in [1.165, 1.54) is 0 Å². The molecule has 0 aromatic heterocycles. The number of amides is 2. The fraction of sp³-hybridized carbons (Fsp3) is 0.364. The molecule has 1 unspecified atom stereocenters. The van der Waals surface area contributed by atoms with Gasteiger partial charge < -0.3 is 20.9 Å². The van der Waals surface area contributed by atoms with Crippen LogP contribution in [0.25, 0.3) is 0 Å². The Bertz CT molecular complexity index is 837. The predicted octanol–water partition coefficient (Wildman–Crippen LogP) is 0.399. The lowest BCUT2D eigenvalue weighted by Gasteiger charge is -2.28. The average molecular weight is 397 g/mol. The van der Waals surface area contributed by atoms with Gasteiger partial charge >= 0.3 is 0 Å². The highest BCUT2D eigenvalue weighted by molar-refractivity contribution is 5.90. The van der Waals surface area contributed by atoms with Gasteiger partial charge in [0, 0.05) is 31.7 Å². The maximum absolute atomic E-state index is 12.5. The summed E-state index contributed by atoms with van der Waals surface area (Å²) >= 11 is 0. The van der Waals surface area contributed by atoms with E-state index in [1.807, 2.05) is 0 Å². The summed E-state index contributed by atoms with van der Waals surface area (Å²) in [6.07, 6.45) is 0.0434. The van der Waals surface area contributed by atoms with E-state index in [0.29, 0.717) is 36.4 Å². The summed E-state index contributed by atoms with van der Waals surface area (Å²) in [5.74, 6) is -1.06. The Labute approximate surface area is 170 Å². The van der Waals surface area contributed by atoms with Crippen molar-refractivity contribution < 1.29 is 19.4 Å². The van der Waals surface area contributed by atoms with Crippen molar-refractivity contribution in [2.45, 2.75) is 12.0 Å². The van der Waals surface area contributed by atoms with E-state index in [0.717, 1.165) is 19.6 Å². The third kappa shape index (κ3) is 5.00. The van der Waals surface area contributed by atoms with Crippen LogP contribution < -0.4 is 11.1 Å². The SMILES string of the molecule is NC(=O)C(O)(c1ccccc1)c1ccccc1CC(=O)NCCN1CCOCC1. The molecule has 1 aliphatic heterocycles. The normalized spacial score (nSPS) is 16.7. The third-order valence-corrected chi connectivity index (χ3v) is 5.16. The monoisotopic (exact) mass is 397 g/mol. The van der Waals surface area contributed by atoms with Gasteiger partial charge in [-0.3, -0.25) is 14.5 Å². The molecule has 0 spiro atoms. The van der Waals surface area contributed by atoms with Gasteiger partial charge in [-0.25, -0.2) is 0 Å². The lowest BCUT2D eigenvalue weighted by molar-refractivity contribution is -0.133. The van der Waals surface area contributed by atoms with E-state index in [4.69, 9.17) is 10.5 Å². The summed E-state index contributed by atoms with van der Waals surface area (Å²) in [5.41, 5.74) is 4.83. The van der Waals surface area contributed by atoms with E-state index in [1.54, 1.807) is 54.6 Å². The quantitative estimate of drug-likeness (QED) is 0.598. The molecule has 0 radical (unpaired) electrons. The maximum Gasteiger partial charge on any atom is 0.258 e. The van der Waals surface area contributed by atoms with Crippen molar-refractivity contribution in [2.75, 3.05) is 39.4 Å². The van der Waals surface area contributed by atoms with Crippen molar-refractivity contribution in [3.05, 3.63) is 71.3 Å². The summed E-state index contributed by atoms with van der Waals surface area (Å²) in [7, 11) is 0. The van der Waals surface area contributed by atoms with Gasteiger partial charge in [0.15, 0.2) is 5.60 Å². The van der Waals surface area contributed by atoms with E-state index in [2.05, 4.69) is 10.2 Å². The number of nitrogens with zero attached hydrogens (tertiary/aromatic N) is 1. The number of hydrogen-bond acceptors (Lipinski definition) is 5. The molecule has 154 valence electrons. The van der Waals surface area contributed by atoms with Gasteiger partial charge in [-0.2, -0.15) is 0 Å². The summed E-state index contributed by atoms with van der Waals surface area (Å²) < 4.78 is 5.32. The Morgan fingerprint density at radius 3 is 2.41 bits per heavy atom. The molecule has 7 heteroatoms. The molecule has 0 saturated carbocycles. The van der Waals surface area contributed by atoms with E-state index in [-0.39, 0.29) is 12.3 Å². The predicted molar refractivity (Wildman–Crippen MR) is 109 cm³/mol. The molecule has 7 nitrogen and oxygen atoms in total. The second kappa shape index (κ2) is 9.65. The molecule has 2 aromatic rings. The fourth-order valence-corrected chi connectivity index (χ4v) is 3.55. The molecule has 4 N–H and O–H groups in total. The zero-order valence-corrected chi connectivity index (χ0v) is 16.3. The number of nitrogens with one attached hydrogen (secondary N) is 1. The number of aliphatic hydroxyl groups is 1. The van der Waals surface area contributed by atoms with Gasteiger partial charge in [0.2, 0.25) is 5.91 Å². The molecule has 2 aromatic carbocycles. The molecule has 3 rings (SSSR count). The van der Waals surface area contributed by atoms with Gasteiger partial charge in [0.25, 0.3) is 5.91 Å². The van der Waals surface area contributed by atoms with Gasteiger partial charge in [-0.1, -0.05) is 54.6 Å². The van der Waals surface area contributed by atoms with Crippen LogP contribution in [0.5, 0.6) is 0 Å². The lowest BCUT2D eigenvalue weighted by atomic mass is 9.82. The minimum Gasteiger partial charge on any atom is -0.379 e. The second-order valence-corrected chi connectivity index (χ2v) is 7.08. The first-order valence-electron chi connectivity index (χ1n) is 9.75. The third-order valence-electron chi connectivity index (χ3n) is 5.16. The molecule has 1 heterocycles. The standard InChI is InChI=1S/C22H27N3O4/c23-21(27)22(28,18-7-2-1-3-8-18)19-9-5-4-6-17(19)16-20(26)24-10-11-25-12-14-29-15-13-25/h1-9,28H,10-16H2,(H2,23,27)(H,24,26). The molecule has 2 amide bonds. The fourth-order valence-electron chi connectivity index (χ4n) is 3.55. The Morgan fingerprint density at radius 1 is 1.07 bits per heavy atom. The number of primary amides is 1. The van der Waals surface area contributed by atoms with E-state index >= 15 is 0 Å². The van der Waals surface area contributed by atoms with Crippen molar-refractivity contribution in [2.24, 2.45) is 5.73 Å². The number of morpholine rings is 1. The van der Waals surface area contributed by atoms with E-state index in [9.17, 15) is 14.7 Å². The summed E-state index contributed by atoms with van der Waals surface area (Å²) in [4.78, 5) is 27.0. The zero-order chi connectivity index (χ0) is 20.7. The molecule has 0 bridgehead atoms. The molecule has 1 fully saturated rings. The number of ether oxygens (including phenoxy) is 1. The van der Waals surface area contributed by atoms with Gasteiger partial charge in [-0.15, -0.1) is 0 Å². The van der Waals surface area contributed by atoms with Gasteiger partial charge in [0.1, 0.15) is 0 Å². The van der Waals surface area contributed by atoms with E-state index < -0.39 is 11.5 Å². The largest absolute Gasteiger partial charge is 0.379 e. The van der Waals surface area contributed by atoms with Crippen LogP contribution in [0.4, 0.5) is 0 Å². The molecule has 0 aliphatic carbocycles. The Morgan fingerprint density at radius 2 is 1.72 bits per heavy atom. The summed E-state index contributed by atoms with van der Waals surface area (Å²) in [6.45, 7) is 4.44. The molecule has 29 heavy (non-hydrogen) atoms. The lowest BCUT2D eigenvalue weighted by Crippen LogP contribution is -2.43. The highest BCUT2D eigenvalue weighted by Crippen LogP contribution is 2.32. The highest BCUT2D eigenvalue weighted by atomic mass is 16.5. The van der Waals surface area contributed by atoms with Crippen LogP contribution in [0.2, 0.25) is 0 Å². The van der Waals surface area contributed by atoms with Crippen LogP contribution >= 0.6 is 0 Å². The maximum atomic E-state index is 12.5. The van der Waals surface area contributed by atoms with Gasteiger partial charge in [-0.05, 0) is 11.1 Å². The van der Waals surface area contributed by atoms with Crippen LogP contribution in [0.3, 0.4) is 0 Å². The molecule has 1 saturated heterocycles. The van der Waals surface area contributed by atoms with Crippen molar-refractivity contribution in [1.82, 2.24) is 10.2 Å². The molecular formula is C22H27N3O4. The molecular weight excluding hydrogens is 370 g/mol. The molecule has 1 aliphatic rings. The van der Waals surface area contributed by atoms with Crippen molar-refractivity contribution in [3.63, 3.8) is 0 Å².